The van der Waals surface area contributed by atoms with Crippen molar-refractivity contribution in [3.8, 4) is 16.9 Å². The van der Waals surface area contributed by atoms with Crippen molar-refractivity contribution < 1.29 is 5.11 Å². The molecule has 0 fully saturated rings. The van der Waals surface area contributed by atoms with Gasteiger partial charge in [-0.2, -0.15) is 0 Å². The molecule has 2 aromatic rings. The summed E-state index contributed by atoms with van der Waals surface area (Å²) in [5.74, 6) is 1.29. The van der Waals surface area contributed by atoms with E-state index < -0.39 is 0 Å². The van der Waals surface area contributed by atoms with E-state index in [1.807, 2.05) is 12.1 Å². The zero-order chi connectivity index (χ0) is 14.0. The van der Waals surface area contributed by atoms with Crippen LogP contribution in [0.4, 0.5) is 0 Å². The fourth-order valence-electron chi connectivity index (χ4n) is 2.51. The van der Waals surface area contributed by atoms with Crippen molar-refractivity contribution in [1.82, 2.24) is 0 Å². The standard InChI is InChI=1S/C18H22O.Na.H/c1-12(2)16-6-5-7-17(13(3)4)18(16)14-8-10-15(19)11-9-14;;/h5-13,19H,1-4H3;;. The van der Waals surface area contributed by atoms with Gasteiger partial charge in [-0.1, -0.05) is 58.0 Å². The molecule has 2 heteroatoms. The number of hydrogen-bond donors (Lipinski definition) is 1. The van der Waals surface area contributed by atoms with Gasteiger partial charge in [0.1, 0.15) is 5.75 Å². The third-order valence-electron chi connectivity index (χ3n) is 3.53. The molecular weight excluding hydrogens is 255 g/mol. The summed E-state index contributed by atoms with van der Waals surface area (Å²) in [7, 11) is 0. The number of aromatic hydroxyl groups is 1. The first-order chi connectivity index (χ1) is 9.00. The molecule has 0 unspecified atom stereocenters. The van der Waals surface area contributed by atoms with E-state index in [1.165, 1.54) is 22.3 Å². The van der Waals surface area contributed by atoms with Gasteiger partial charge in [-0.3, -0.25) is 0 Å². The van der Waals surface area contributed by atoms with Crippen LogP contribution in [0, 0.1) is 0 Å². The van der Waals surface area contributed by atoms with Crippen molar-refractivity contribution in [2.75, 3.05) is 0 Å². The quantitative estimate of drug-likeness (QED) is 0.810. The summed E-state index contributed by atoms with van der Waals surface area (Å²) in [6.07, 6.45) is 0. The number of rotatable bonds is 3. The summed E-state index contributed by atoms with van der Waals surface area (Å²) in [4.78, 5) is 0. The van der Waals surface area contributed by atoms with Crippen LogP contribution >= 0.6 is 0 Å². The first-order valence-electron chi connectivity index (χ1n) is 6.93. The molecule has 0 saturated carbocycles. The molecule has 102 valence electrons. The van der Waals surface area contributed by atoms with Gasteiger partial charge in [0.05, 0.1) is 0 Å². The summed E-state index contributed by atoms with van der Waals surface area (Å²) in [5, 5.41) is 9.46. The van der Waals surface area contributed by atoms with Gasteiger partial charge in [0.2, 0.25) is 0 Å². The predicted octanol–water partition coefficient (Wildman–Crippen LogP) is 4.66. The van der Waals surface area contributed by atoms with E-state index in [0.717, 1.165) is 0 Å². The molecule has 0 atom stereocenters. The molecule has 2 aromatic carbocycles. The van der Waals surface area contributed by atoms with Crippen molar-refractivity contribution in [3.63, 3.8) is 0 Å². The first-order valence-corrected chi connectivity index (χ1v) is 6.93. The second kappa shape index (κ2) is 7.31. The van der Waals surface area contributed by atoms with Crippen molar-refractivity contribution >= 4 is 29.6 Å². The third-order valence-corrected chi connectivity index (χ3v) is 3.53. The summed E-state index contributed by atoms with van der Waals surface area (Å²) in [5.41, 5.74) is 5.26. The van der Waals surface area contributed by atoms with Gasteiger partial charge in [0.25, 0.3) is 0 Å². The molecule has 2 rings (SSSR count). The Morgan fingerprint density at radius 3 is 1.60 bits per heavy atom. The Kier molecular flexibility index (Phi) is 6.32. The van der Waals surface area contributed by atoms with Gasteiger partial charge in [-0.15, -0.1) is 0 Å². The minimum absolute atomic E-state index is 0. The predicted molar refractivity (Wildman–Crippen MR) is 88.9 cm³/mol. The van der Waals surface area contributed by atoms with Crippen molar-refractivity contribution in [1.29, 1.82) is 0 Å². The van der Waals surface area contributed by atoms with Crippen LogP contribution < -0.4 is 0 Å². The molecule has 0 aliphatic heterocycles. The van der Waals surface area contributed by atoms with E-state index in [0.29, 0.717) is 17.6 Å². The SMILES string of the molecule is CC(C)c1cccc(C(C)C)c1-c1ccc(O)cc1.[NaH]. The van der Waals surface area contributed by atoms with Crippen LogP contribution in [-0.2, 0) is 0 Å². The molecule has 0 aliphatic carbocycles. The molecule has 0 heterocycles. The molecule has 0 saturated heterocycles. The van der Waals surface area contributed by atoms with E-state index in [9.17, 15) is 5.11 Å². The third kappa shape index (κ3) is 3.66. The van der Waals surface area contributed by atoms with E-state index in [4.69, 9.17) is 0 Å². The molecular formula is C18H23NaO. The number of phenolic OH excluding ortho intramolecular Hbond substituents is 1. The van der Waals surface area contributed by atoms with E-state index in [1.54, 1.807) is 12.1 Å². The Balaban J connectivity index is 0.00000200. The Bertz CT molecular complexity index is 530. The summed E-state index contributed by atoms with van der Waals surface area (Å²) in [6.45, 7) is 8.90. The maximum atomic E-state index is 9.46. The summed E-state index contributed by atoms with van der Waals surface area (Å²) < 4.78 is 0. The maximum absolute atomic E-state index is 9.46. The van der Waals surface area contributed by atoms with Crippen LogP contribution in [0.25, 0.3) is 11.1 Å². The second-order valence-electron chi connectivity index (χ2n) is 5.67. The molecule has 20 heavy (non-hydrogen) atoms. The molecule has 1 nitrogen and oxygen atoms in total. The van der Waals surface area contributed by atoms with Crippen LogP contribution in [-0.4, -0.2) is 34.7 Å². The molecule has 0 aliphatic rings. The van der Waals surface area contributed by atoms with Gasteiger partial charge in [-0.25, -0.2) is 0 Å². The van der Waals surface area contributed by atoms with Crippen molar-refractivity contribution in [3.05, 3.63) is 53.6 Å². The monoisotopic (exact) mass is 278 g/mol. The van der Waals surface area contributed by atoms with E-state index in [-0.39, 0.29) is 29.6 Å². The topological polar surface area (TPSA) is 20.2 Å². The van der Waals surface area contributed by atoms with Gasteiger partial charge >= 0.3 is 29.6 Å². The fraction of sp³-hybridized carbons (Fsp3) is 0.333. The number of phenols is 1. The Morgan fingerprint density at radius 1 is 0.750 bits per heavy atom. The van der Waals surface area contributed by atoms with Crippen LogP contribution in [0.2, 0.25) is 0 Å². The Morgan fingerprint density at radius 2 is 1.20 bits per heavy atom. The Labute approximate surface area is 144 Å². The second-order valence-corrected chi connectivity index (χ2v) is 5.67. The molecule has 1 N–H and O–H groups in total. The van der Waals surface area contributed by atoms with Crippen LogP contribution in [0.3, 0.4) is 0 Å². The average molecular weight is 278 g/mol. The summed E-state index contributed by atoms with van der Waals surface area (Å²) >= 11 is 0. The van der Waals surface area contributed by atoms with Gasteiger partial charge in [0, 0.05) is 0 Å². The summed E-state index contributed by atoms with van der Waals surface area (Å²) in [6, 6.07) is 14.1. The van der Waals surface area contributed by atoms with Gasteiger partial charge in [-0.05, 0) is 46.2 Å². The van der Waals surface area contributed by atoms with Crippen LogP contribution in [0.5, 0.6) is 5.75 Å². The number of hydrogen-bond acceptors (Lipinski definition) is 1. The molecule has 0 spiro atoms. The van der Waals surface area contributed by atoms with Crippen molar-refractivity contribution in [2.24, 2.45) is 0 Å². The Hall–Kier alpha value is -0.760. The zero-order valence-electron chi connectivity index (χ0n) is 12.1. The van der Waals surface area contributed by atoms with E-state index >= 15 is 0 Å². The molecule has 0 bridgehead atoms. The van der Waals surface area contributed by atoms with Crippen LogP contribution in [0.15, 0.2) is 42.5 Å². The van der Waals surface area contributed by atoms with Crippen LogP contribution in [0.1, 0.15) is 50.7 Å². The van der Waals surface area contributed by atoms with Gasteiger partial charge in [0.15, 0.2) is 0 Å². The fourth-order valence-corrected chi connectivity index (χ4v) is 2.51. The van der Waals surface area contributed by atoms with Crippen molar-refractivity contribution in [2.45, 2.75) is 39.5 Å². The minimum atomic E-state index is 0. The normalized spacial score (nSPS) is 10.7. The zero-order valence-corrected chi connectivity index (χ0v) is 12.1. The molecule has 0 radical (unpaired) electrons. The molecule has 0 amide bonds. The molecule has 0 aromatic heterocycles. The average Bonchev–Trinajstić information content (AvgIpc) is 2.38. The van der Waals surface area contributed by atoms with E-state index in [2.05, 4.69) is 45.9 Å². The first kappa shape index (κ1) is 17.3. The number of benzene rings is 2. The van der Waals surface area contributed by atoms with Gasteiger partial charge < -0.3 is 5.11 Å².